The Balaban J connectivity index is 1.53. The molecule has 7 nitrogen and oxygen atoms in total. The molecule has 0 spiro atoms. The van der Waals surface area contributed by atoms with E-state index in [-0.39, 0.29) is 11.8 Å². The molecular formula is C15H16N6OS. The van der Waals surface area contributed by atoms with Crippen LogP contribution in [0, 0.1) is 0 Å². The molecule has 1 atom stereocenters. The van der Waals surface area contributed by atoms with Crippen molar-refractivity contribution in [3.63, 3.8) is 0 Å². The molecule has 23 heavy (non-hydrogen) atoms. The summed E-state index contributed by atoms with van der Waals surface area (Å²) in [5, 5.41) is 4.59. The molecule has 1 aliphatic heterocycles. The summed E-state index contributed by atoms with van der Waals surface area (Å²) in [5.41, 5.74) is 8.03. The van der Waals surface area contributed by atoms with Crippen LogP contribution in [0.15, 0.2) is 24.5 Å². The molecule has 0 saturated carbocycles. The Morgan fingerprint density at radius 1 is 1.39 bits per heavy atom. The molecular weight excluding hydrogens is 312 g/mol. The zero-order chi connectivity index (χ0) is 16.0. The number of nitrogens with two attached hydrogens (primary N) is 1. The smallest absolute Gasteiger partial charge is 0.257 e. The van der Waals surface area contributed by atoms with Crippen molar-refractivity contribution in [3.05, 3.63) is 35.8 Å². The maximum absolute atomic E-state index is 12.5. The van der Waals surface area contributed by atoms with Crippen molar-refractivity contribution >= 4 is 32.7 Å². The molecule has 3 aromatic rings. The van der Waals surface area contributed by atoms with E-state index in [4.69, 9.17) is 5.73 Å². The summed E-state index contributed by atoms with van der Waals surface area (Å²) >= 11 is 1.44. The van der Waals surface area contributed by atoms with E-state index in [0.717, 1.165) is 23.4 Å². The van der Waals surface area contributed by atoms with Gasteiger partial charge in [0, 0.05) is 37.9 Å². The lowest BCUT2D eigenvalue weighted by Crippen LogP contribution is -2.28. The number of likely N-dealkylation sites (tertiary alicyclic amines) is 1. The Labute approximate surface area is 136 Å². The minimum atomic E-state index is 0.0274. The van der Waals surface area contributed by atoms with Crippen molar-refractivity contribution in [2.24, 2.45) is 7.05 Å². The minimum Gasteiger partial charge on any atom is -0.375 e. The Morgan fingerprint density at radius 2 is 2.26 bits per heavy atom. The zero-order valence-electron chi connectivity index (χ0n) is 12.6. The molecule has 0 radical (unpaired) electrons. The number of hydrogen-bond acceptors (Lipinski definition) is 6. The van der Waals surface area contributed by atoms with Crippen LogP contribution < -0.4 is 5.73 Å². The summed E-state index contributed by atoms with van der Waals surface area (Å²) < 4.78 is 2.63. The Morgan fingerprint density at radius 3 is 3.04 bits per heavy atom. The van der Waals surface area contributed by atoms with Gasteiger partial charge in [0.25, 0.3) is 5.91 Å². The van der Waals surface area contributed by atoms with E-state index in [0.29, 0.717) is 22.9 Å². The van der Waals surface area contributed by atoms with Crippen molar-refractivity contribution in [1.82, 2.24) is 24.6 Å². The molecule has 1 fully saturated rings. The second kappa shape index (κ2) is 5.31. The van der Waals surface area contributed by atoms with Crippen LogP contribution in [-0.4, -0.2) is 43.6 Å². The van der Waals surface area contributed by atoms with Crippen molar-refractivity contribution in [3.8, 4) is 0 Å². The van der Waals surface area contributed by atoms with Crippen LogP contribution in [0.3, 0.4) is 0 Å². The first-order valence-electron chi connectivity index (χ1n) is 7.41. The largest absolute Gasteiger partial charge is 0.375 e. The van der Waals surface area contributed by atoms with E-state index in [2.05, 4.69) is 15.1 Å². The van der Waals surface area contributed by atoms with Crippen LogP contribution in [0.4, 0.5) is 5.13 Å². The normalized spacial score (nSPS) is 18.0. The van der Waals surface area contributed by atoms with Gasteiger partial charge in [-0.3, -0.25) is 9.48 Å². The lowest BCUT2D eigenvalue weighted by Gasteiger charge is -2.15. The van der Waals surface area contributed by atoms with E-state index in [1.165, 1.54) is 11.3 Å². The van der Waals surface area contributed by atoms with Gasteiger partial charge in [-0.15, -0.1) is 0 Å². The van der Waals surface area contributed by atoms with Gasteiger partial charge in [0.05, 0.1) is 16.5 Å². The topological polar surface area (TPSA) is 89.9 Å². The summed E-state index contributed by atoms with van der Waals surface area (Å²) in [5.74, 6) is 0.266. The SMILES string of the molecule is Cn1cc(C(=O)N2CC[C@@H](c3ccc4sc(N)nc4n3)C2)cn1. The summed E-state index contributed by atoms with van der Waals surface area (Å²) in [6.07, 6.45) is 4.26. The van der Waals surface area contributed by atoms with Gasteiger partial charge < -0.3 is 10.6 Å². The molecule has 4 heterocycles. The van der Waals surface area contributed by atoms with Crippen molar-refractivity contribution in [2.75, 3.05) is 18.8 Å². The van der Waals surface area contributed by atoms with E-state index >= 15 is 0 Å². The maximum atomic E-state index is 12.5. The highest BCUT2D eigenvalue weighted by atomic mass is 32.1. The van der Waals surface area contributed by atoms with Gasteiger partial charge in [0.2, 0.25) is 0 Å². The summed E-state index contributed by atoms with van der Waals surface area (Å²) in [4.78, 5) is 23.2. The Kier molecular flexibility index (Phi) is 3.26. The van der Waals surface area contributed by atoms with Crippen LogP contribution in [0.5, 0.6) is 0 Å². The number of thiazole rings is 1. The summed E-state index contributed by atoms with van der Waals surface area (Å²) in [6, 6.07) is 4.03. The summed E-state index contributed by atoms with van der Waals surface area (Å²) in [7, 11) is 1.81. The number of nitrogens with zero attached hydrogens (tertiary/aromatic N) is 5. The van der Waals surface area contributed by atoms with Gasteiger partial charge in [-0.25, -0.2) is 9.97 Å². The van der Waals surface area contributed by atoms with Crippen LogP contribution in [0.2, 0.25) is 0 Å². The number of carbonyl (C=O) groups is 1. The van der Waals surface area contributed by atoms with Crippen molar-refractivity contribution in [2.45, 2.75) is 12.3 Å². The number of aromatic nitrogens is 4. The molecule has 3 aromatic heterocycles. The average Bonchev–Trinajstić information content (AvgIpc) is 3.23. The fourth-order valence-corrected chi connectivity index (χ4v) is 3.65. The molecule has 2 N–H and O–H groups in total. The zero-order valence-corrected chi connectivity index (χ0v) is 13.5. The average molecular weight is 328 g/mol. The van der Waals surface area contributed by atoms with E-state index in [1.807, 2.05) is 24.1 Å². The highest BCUT2D eigenvalue weighted by Gasteiger charge is 2.29. The predicted octanol–water partition coefficient (Wildman–Crippen LogP) is 1.64. The first kappa shape index (κ1) is 14.1. The van der Waals surface area contributed by atoms with E-state index in [9.17, 15) is 4.79 Å². The van der Waals surface area contributed by atoms with Crippen LogP contribution in [0.25, 0.3) is 10.3 Å². The molecule has 8 heteroatoms. The second-order valence-corrected chi connectivity index (χ2v) is 6.81. The number of amides is 1. The Bertz CT molecular complexity index is 885. The lowest BCUT2D eigenvalue weighted by molar-refractivity contribution is 0.0790. The van der Waals surface area contributed by atoms with Gasteiger partial charge in [-0.1, -0.05) is 11.3 Å². The molecule has 1 saturated heterocycles. The standard InChI is InChI=1S/C15H16N6OS/c1-20-7-10(6-17-20)14(22)21-5-4-9(8-21)11-2-3-12-13(18-11)19-15(16)23-12/h2-3,6-7,9H,4-5,8H2,1H3,(H2,16,18,19)/t9-/m1/s1. The second-order valence-electron chi connectivity index (χ2n) is 5.75. The van der Waals surface area contributed by atoms with Gasteiger partial charge in [-0.2, -0.15) is 5.10 Å². The third-order valence-electron chi connectivity index (χ3n) is 4.14. The van der Waals surface area contributed by atoms with E-state index in [1.54, 1.807) is 17.1 Å². The molecule has 4 rings (SSSR count). The van der Waals surface area contributed by atoms with Crippen LogP contribution in [0.1, 0.15) is 28.4 Å². The fraction of sp³-hybridized carbons (Fsp3) is 0.333. The van der Waals surface area contributed by atoms with Gasteiger partial charge >= 0.3 is 0 Å². The van der Waals surface area contributed by atoms with Crippen LogP contribution in [-0.2, 0) is 7.05 Å². The molecule has 0 aliphatic carbocycles. The first-order valence-corrected chi connectivity index (χ1v) is 8.22. The number of nitrogen functional groups attached to an aromatic ring is 1. The molecule has 1 aliphatic rings. The first-order chi connectivity index (χ1) is 11.1. The number of anilines is 1. The van der Waals surface area contributed by atoms with Crippen molar-refractivity contribution in [1.29, 1.82) is 0 Å². The third kappa shape index (κ3) is 2.55. The number of carbonyl (C=O) groups excluding carboxylic acids is 1. The van der Waals surface area contributed by atoms with Gasteiger partial charge in [0.1, 0.15) is 0 Å². The summed E-state index contributed by atoms with van der Waals surface area (Å²) in [6.45, 7) is 1.41. The highest BCUT2D eigenvalue weighted by Crippen LogP contribution is 2.30. The minimum absolute atomic E-state index is 0.0274. The fourth-order valence-electron chi connectivity index (χ4n) is 2.98. The molecule has 0 bridgehead atoms. The van der Waals surface area contributed by atoms with Crippen molar-refractivity contribution < 1.29 is 4.79 Å². The predicted molar refractivity (Wildman–Crippen MR) is 88.3 cm³/mol. The quantitative estimate of drug-likeness (QED) is 0.772. The monoisotopic (exact) mass is 328 g/mol. The molecule has 118 valence electrons. The molecule has 0 aromatic carbocycles. The molecule has 0 unspecified atom stereocenters. The number of rotatable bonds is 2. The molecule has 1 amide bonds. The Hall–Kier alpha value is -2.48. The third-order valence-corrected chi connectivity index (χ3v) is 4.98. The van der Waals surface area contributed by atoms with Gasteiger partial charge in [0.15, 0.2) is 10.8 Å². The lowest BCUT2D eigenvalue weighted by atomic mass is 10.0. The number of fused-ring (bicyclic) bond motifs is 1. The van der Waals surface area contributed by atoms with Gasteiger partial charge in [-0.05, 0) is 18.6 Å². The number of aryl methyl sites for hydroxylation is 1. The number of hydrogen-bond donors (Lipinski definition) is 1. The van der Waals surface area contributed by atoms with E-state index < -0.39 is 0 Å². The van der Waals surface area contributed by atoms with Crippen LogP contribution >= 0.6 is 11.3 Å². The highest BCUT2D eigenvalue weighted by molar-refractivity contribution is 7.21. The number of pyridine rings is 1. The maximum Gasteiger partial charge on any atom is 0.257 e.